The summed E-state index contributed by atoms with van der Waals surface area (Å²) in [6.07, 6.45) is 31.2. The van der Waals surface area contributed by atoms with Gasteiger partial charge in [-0.05, 0) is 70.6 Å². The Labute approximate surface area is 320 Å². The molecule has 0 aliphatic carbocycles. The standard InChI is InChI=1S/C43H74O10/c1-3-5-7-9-11-13-15-17-18-20-21-23-25-27-29-31-38(45)50-34-36(35-51-43-42(49)41(48)40(47)37(33-44)53-43)52-39(46)32-30-28-26-24-22-19-16-14-12-10-8-6-4-2/h5,7,11,13-14,16-18,36-37,40-44,47-49H,3-4,6,8-10,12,15,19-35H2,1-2H3/b7-5-,13-11-,16-14+,18-17-/t36-,37-,40+,41+,42-,43-/m1/s1. The van der Waals surface area contributed by atoms with Gasteiger partial charge >= 0.3 is 11.9 Å². The van der Waals surface area contributed by atoms with Gasteiger partial charge in [0.15, 0.2) is 12.4 Å². The number of unbranched alkanes of at least 4 members (excludes halogenated alkanes) is 14. The van der Waals surface area contributed by atoms with Gasteiger partial charge in [-0.15, -0.1) is 0 Å². The zero-order valence-electron chi connectivity index (χ0n) is 33.0. The summed E-state index contributed by atoms with van der Waals surface area (Å²) in [6.45, 7) is 3.25. The van der Waals surface area contributed by atoms with Crippen molar-refractivity contribution in [3.63, 3.8) is 0 Å². The van der Waals surface area contributed by atoms with E-state index < -0.39 is 55.4 Å². The fraction of sp³-hybridized carbons (Fsp3) is 0.767. The Morgan fingerprint density at radius 2 is 1.11 bits per heavy atom. The Morgan fingerprint density at radius 3 is 1.70 bits per heavy atom. The molecule has 0 saturated carbocycles. The molecular weight excluding hydrogens is 676 g/mol. The molecule has 1 saturated heterocycles. The van der Waals surface area contributed by atoms with E-state index in [-0.39, 0.29) is 26.1 Å². The van der Waals surface area contributed by atoms with E-state index >= 15 is 0 Å². The van der Waals surface area contributed by atoms with Crippen molar-refractivity contribution in [3.8, 4) is 0 Å². The lowest BCUT2D eigenvalue weighted by Gasteiger charge is -2.39. The van der Waals surface area contributed by atoms with Gasteiger partial charge in [0.1, 0.15) is 31.0 Å². The zero-order valence-corrected chi connectivity index (χ0v) is 33.0. The molecule has 1 fully saturated rings. The molecule has 1 rings (SSSR count). The van der Waals surface area contributed by atoms with Crippen LogP contribution in [0.15, 0.2) is 48.6 Å². The molecule has 1 aliphatic rings. The average molecular weight is 751 g/mol. The first-order chi connectivity index (χ1) is 25.8. The molecule has 10 heteroatoms. The van der Waals surface area contributed by atoms with Gasteiger partial charge in [-0.2, -0.15) is 0 Å². The van der Waals surface area contributed by atoms with Gasteiger partial charge in [0, 0.05) is 12.8 Å². The Balaban J connectivity index is 2.39. The summed E-state index contributed by atoms with van der Waals surface area (Å²) in [6, 6.07) is 0. The molecule has 53 heavy (non-hydrogen) atoms. The molecule has 0 bridgehead atoms. The predicted molar refractivity (Wildman–Crippen MR) is 210 cm³/mol. The summed E-state index contributed by atoms with van der Waals surface area (Å²) in [4.78, 5) is 25.2. The van der Waals surface area contributed by atoms with Gasteiger partial charge in [0.25, 0.3) is 0 Å². The number of aliphatic hydroxyl groups excluding tert-OH is 4. The normalized spacial score (nSPS) is 21.4. The number of hydrogen-bond acceptors (Lipinski definition) is 10. The first-order valence-corrected chi connectivity index (χ1v) is 20.7. The van der Waals surface area contributed by atoms with Gasteiger partial charge in [-0.3, -0.25) is 9.59 Å². The zero-order chi connectivity index (χ0) is 38.8. The van der Waals surface area contributed by atoms with Crippen molar-refractivity contribution in [1.29, 1.82) is 0 Å². The molecule has 1 aliphatic heterocycles. The highest BCUT2D eigenvalue weighted by Gasteiger charge is 2.44. The molecule has 6 atom stereocenters. The van der Waals surface area contributed by atoms with Gasteiger partial charge in [0.05, 0.1) is 13.2 Å². The maximum Gasteiger partial charge on any atom is 0.306 e. The SMILES string of the molecule is CC/C=C\C/C=C\C/C=C\CCCCCCCC(=O)OC[C@H](CO[C@@H]1O[C@H](CO)[C@H](O)[C@H](O)[C@H]1O)OC(=O)CCCCCCC/C=C/CCCCCC. The summed E-state index contributed by atoms with van der Waals surface area (Å²) in [7, 11) is 0. The minimum Gasteiger partial charge on any atom is -0.462 e. The van der Waals surface area contributed by atoms with Gasteiger partial charge in [-0.25, -0.2) is 0 Å². The van der Waals surface area contributed by atoms with Crippen LogP contribution in [-0.2, 0) is 28.5 Å². The number of ether oxygens (including phenoxy) is 4. The first-order valence-electron chi connectivity index (χ1n) is 20.7. The maximum absolute atomic E-state index is 12.7. The van der Waals surface area contributed by atoms with E-state index in [0.29, 0.717) is 12.8 Å². The highest BCUT2D eigenvalue weighted by Crippen LogP contribution is 2.22. The van der Waals surface area contributed by atoms with Crippen molar-refractivity contribution in [2.75, 3.05) is 19.8 Å². The maximum atomic E-state index is 12.7. The van der Waals surface area contributed by atoms with Gasteiger partial charge < -0.3 is 39.4 Å². The predicted octanol–water partition coefficient (Wildman–Crippen LogP) is 8.10. The van der Waals surface area contributed by atoms with Crippen LogP contribution in [0.25, 0.3) is 0 Å². The van der Waals surface area contributed by atoms with Gasteiger partial charge in [0.2, 0.25) is 0 Å². The van der Waals surface area contributed by atoms with Gasteiger partial charge in [-0.1, -0.05) is 120 Å². The molecular formula is C43H74O10. The van der Waals surface area contributed by atoms with Crippen molar-refractivity contribution < 1.29 is 49.0 Å². The largest absolute Gasteiger partial charge is 0.462 e. The van der Waals surface area contributed by atoms with E-state index in [1.54, 1.807) is 0 Å². The molecule has 1 heterocycles. The Hall–Kier alpha value is -2.34. The Kier molecular flexibility index (Phi) is 31.4. The summed E-state index contributed by atoms with van der Waals surface area (Å²) in [5.74, 6) is -0.841. The number of aliphatic hydroxyl groups is 4. The molecule has 10 nitrogen and oxygen atoms in total. The van der Waals surface area contributed by atoms with E-state index in [2.05, 4.69) is 62.5 Å². The number of rotatable bonds is 33. The molecule has 0 aromatic heterocycles. The van der Waals surface area contributed by atoms with E-state index in [1.807, 2.05) is 0 Å². The lowest BCUT2D eigenvalue weighted by molar-refractivity contribution is -0.305. The Morgan fingerprint density at radius 1 is 0.604 bits per heavy atom. The minimum absolute atomic E-state index is 0.214. The highest BCUT2D eigenvalue weighted by molar-refractivity contribution is 5.70. The van der Waals surface area contributed by atoms with Crippen LogP contribution in [0.4, 0.5) is 0 Å². The second kappa shape index (κ2) is 34.2. The highest BCUT2D eigenvalue weighted by atomic mass is 16.7. The van der Waals surface area contributed by atoms with Crippen LogP contribution in [0.1, 0.15) is 155 Å². The lowest BCUT2D eigenvalue weighted by atomic mass is 9.99. The number of esters is 2. The number of carbonyl (C=O) groups excluding carboxylic acids is 2. The Bertz CT molecular complexity index is 1010. The van der Waals surface area contributed by atoms with E-state index in [4.69, 9.17) is 18.9 Å². The summed E-state index contributed by atoms with van der Waals surface area (Å²) in [5, 5.41) is 40.0. The third kappa shape index (κ3) is 26.2. The van der Waals surface area contributed by atoms with Crippen molar-refractivity contribution in [2.45, 2.75) is 192 Å². The van der Waals surface area contributed by atoms with Crippen molar-refractivity contribution in [2.24, 2.45) is 0 Å². The monoisotopic (exact) mass is 751 g/mol. The fourth-order valence-corrected chi connectivity index (χ4v) is 5.90. The second-order valence-corrected chi connectivity index (χ2v) is 14.1. The van der Waals surface area contributed by atoms with Crippen LogP contribution < -0.4 is 0 Å². The van der Waals surface area contributed by atoms with E-state index in [0.717, 1.165) is 89.9 Å². The number of allylic oxidation sites excluding steroid dienone is 8. The molecule has 306 valence electrons. The summed E-state index contributed by atoms with van der Waals surface area (Å²) in [5.41, 5.74) is 0. The molecule has 0 unspecified atom stereocenters. The molecule has 0 amide bonds. The van der Waals surface area contributed by atoms with Crippen LogP contribution in [0.5, 0.6) is 0 Å². The second-order valence-electron chi connectivity index (χ2n) is 14.1. The van der Waals surface area contributed by atoms with E-state index in [9.17, 15) is 30.0 Å². The fourth-order valence-electron chi connectivity index (χ4n) is 5.90. The summed E-state index contributed by atoms with van der Waals surface area (Å²) < 4.78 is 22.1. The minimum atomic E-state index is -1.60. The number of hydrogen-bond donors (Lipinski definition) is 4. The van der Waals surface area contributed by atoms with Crippen LogP contribution in [0, 0.1) is 0 Å². The van der Waals surface area contributed by atoms with Crippen molar-refractivity contribution >= 4 is 11.9 Å². The number of carbonyl (C=O) groups is 2. The average Bonchev–Trinajstić information content (AvgIpc) is 3.15. The van der Waals surface area contributed by atoms with Crippen molar-refractivity contribution in [3.05, 3.63) is 48.6 Å². The molecule has 0 aromatic carbocycles. The van der Waals surface area contributed by atoms with Crippen LogP contribution >= 0.6 is 0 Å². The van der Waals surface area contributed by atoms with Crippen LogP contribution in [0.3, 0.4) is 0 Å². The van der Waals surface area contributed by atoms with E-state index in [1.165, 1.54) is 25.7 Å². The third-order valence-electron chi connectivity index (χ3n) is 9.20. The van der Waals surface area contributed by atoms with Crippen LogP contribution in [0.2, 0.25) is 0 Å². The first kappa shape index (κ1) is 48.7. The molecule has 0 radical (unpaired) electrons. The molecule has 0 aromatic rings. The lowest BCUT2D eigenvalue weighted by Crippen LogP contribution is -2.59. The molecule has 0 spiro atoms. The summed E-state index contributed by atoms with van der Waals surface area (Å²) >= 11 is 0. The topological polar surface area (TPSA) is 152 Å². The van der Waals surface area contributed by atoms with Crippen LogP contribution in [-0.4, -0.2) is 89.0 Å². The molecule has 4 N–H and O–H groups in total. The van der Waals surface area contributed by atoms with Crippen molar-refractivity contribution in [1.82, 2.24) is 0 Å². The smallest absolute Gasteiger partial charge is 0.306 e. The quantitative estimate of drug-likeness (QED) is 0.0294. The third-order valence-corrected chi connectivity index (χ3v) is 9.20.